The predicted molar refractivity (Wildman–Crippen MR) is 429 cm³/mol. The molecule has 0 spiro atoms. The van der Waals surface area contributed by atoms with Gasteiger partial charge in [0.2, 0.25) is 41.4 Å². The van der Waals surface area contributed by atoms with E-state index in [0.29, 0.717) is 64.3 Å². The van der Waals surface area contributed by atoms with Crippen molar-refractivity contribution in [3.63, 3.8) is 0 Å². The summed E-state index contributed by atoms with van der Waals surface area (Å²) in [7, 11) is 0. The van der Waals surface area contributed by atoms with Gasteiger partial charge in [-0.3, -0.25) is 64.7 Å². The Morgan fingerprint density at radius 2 is 0.788 bits per heavy atom. The number of benzene rings is 4. The zero-order chi connectivity index (χ0) is 79.9. The van der Waals surface area contributed by atoms with Crippen molar-refractivity contribution < 1.29 is 43.1 Å². The second-order valence-corrected chi connectivity index (χ2v) is 27.4. The fraction of sp³-hybridized carbons (Fsp3) is 0.309. The first-order chi connectivity index (χ1) is 54.8. The number of nitrogens with zero attached hydrogens (tertiary/aromatic N) is 4. The van der Waals surface area contributed by atoms with Crippen molar-refractivity contribution in [2.75, 3.05) is 25.0 Å². The van der Waals surface area contributed by atoms with E-state index in [9.17, 15) is 19.2 Å². The molecule has 32 nitrogen and oxygen atoms in total. The Balaban J connectivity index is 0.875. The number of carbonyl (C=O) groups excluding carboxylic acids is 8. The number of ether oxygens (including phenoxy) is 1. The van der Waals surface area contributed by atoms with E-state index in [-0.39, 0.29) is 121 Å². The van der Waals surface area contributed by atoms with Gasteiger partial charge in [-0.05, 0) is 122 Å². The maximum absolute atomic E-state index is 15.5. The van der Waals surface area contributed by atoms with E-state index in [1.165, 1.54) is 0 Å². The van der Waals surface area contributed by atoms with Gasteiger partial charge in [-0.25, -0.2) is 9.78 Å². The lowest BCUT2D eigenvalue weighted by Crippen LogP contribution is -2.60. The summed E-state index contributed by atoms with van der Waals surface area (Å²) in [5.74, 6) is -6.49. The lowest BCUT2D eigenvalue weighted by molar-refractivity contribution is -0.149. The molecule has 6 heterocycles. The fourth-order valence-corrected chi connectivity index (χ4v) is 13.1. The van der Waals surface area contributed by atoms with Crippen LogP contribution in [0.4, 0.5) is 5.82 Å². The zero-order valence-electron chi connectivity index (χ0n) is 62.5. The summed E-state index contributed by atoms with van der Waals surface area (Å²) in [4.78, 5) is 144. The molecule has 6 aromatic heterocycles. The van der Waals surface area contributed by atoms with Crippen LogP contribution in [0.25, 0.3) is 32.7 Å². The number of carbonyl (C=O) groups is 8. The van der Waals surface area contributed by atoms with Crippen LogP contribution < -0.4 is 70.4 Å². The largest absolute Gasteiger partial charge is 0.459 e. The van der Waals surface area contributed by atoms with Crippen LogP contribution in [-0.4, -0.2) is 156 Å². The molecule has 0 bridgehead atoms. The van der Waals surface area contributed by atoms with Crippen LogP contribution in [0.3, 0.4) is 0 Å². The fourth-order valence-electron chi connectivity index (χ4n) is 13.1. The van der Waals surface area contributed by atoms with E-state index in [0.717, 1.165) is 33.2 Å². The number of amides is 7. The molecule has 0 fully saturated rings. The van der Waals surface area contributed by atoms with Crippen molar-refractivity contribution >= 4 is 104 Å². The Morgan fingerprint density at radius 3 is 1.24 bits per heavy atom. The van der Waals surface area contributed by atoms with Crippen LogP contribution in [-0.2, 0) is 88.6 Å². The molecule has 0 unspecified atom stereocenters. The Bertz CT molecular complexity index is 4840. The molecule has 10 rings (SSSR count). The van der Waals surface area contributed by atoms with E-state index < -0.39 is 83.6 Å². The van der Waals surface area contributed by atoms with E-state index in [1.54, 1.807) is 73.4 Å². The Labute approximate surface area is 652 Å². The second-order valence-electron chi connectivity index (χ2n) is 27.4. The first-order valence-electron chi connectivity index (χ1n) is 37.5. The molecule has 0 saturated carbocycles. The summed E-state index contributed by atoms with van der Waals surface area (Å²) in [6, 6.07) is 39.4. The van der Waals surface area contributed by atoms with Gasteiger partial charge in [-0.1, -0.05) is 103 Å². The van der Waals surface area contributed by atoms with Crippen molar-refractivity contribution in [1.82, 2.24) is 82.7 Å². The summed E-state index contributed by atoms with van der Waals surface area (Å²) in [6.07, 6.45) is 8.39. The van der Waals surface area contributed by atoms with Crippen molar-refractivity contribution in [2.24, 2.45) is 17.2 Å². The molecule has 7 amide bonds. The van der Waals surface area contributed by atoms with Crippen molar-refractivity contribution in [3.8, 4) is 0 Å². The zero-order valence-corrected chi connectivity index (χ0v) is 62.5. The Hall–Kier alpha value is -13.5. The van der Waals surface area contributed by atoms with Crippen LogP contribution in [0, 0.1) is 16.2 Å². The van der Waals surface area contributed by atoms with Crippen LogP contribution in [0.1, 0.15) is 97.1 Å². The van der Waals surface area contributed by atoms with Gasteiger partial charge in [-0.2, -0.15) is 0 Å². The van der Waals surface area contributed by atoms with Crippen LogP contribution in [0.15, 0.2) is 189 Å². The number of guanidine groups is 3. The van der Waals surface area contributed by atoms with E-state index in [4.69, 9.17) is 43.1 Å². The third kappa shape index (κ3) is 25.8. The molecular formula is C81H97N23O9. The SMILES string of the molecule is N=C(N)NCCC[C@H](NC(=O)[C@H](Cc1c[nH]c2ccccc12)NC(=O)CCCC(=O)Nc1cccc(CN(Cc2ccccn2)Cc2ccccn2)n1)C(=O)N[C@@H](Cc1c[nH]c2ccccc12)C(=O)N[C@@H](CCCNC(=N)N)C(=O)N[C@@H](Cc1c[nH]c2ccccc12)C(=O)N[C@@H](CCCNC(=N)N)C(=O)OCc1ccccc1. The van der Waals surface area contributed by atoms with Crippen molar-refractivity contribution in [2.45, 2.75) is 140 Å². The summed E-state index contributed by atoms with van der Waals surface area (Å²) in [5, 5.41) is 53.8. The average Bonchev–Trinajstić information content (AvgIpc) is 1.40. The van der Waals surface area contributed by atoms with Gasteiger partial charge < -0.3 is 90.1 Å². The molecule has 0 aliphatic carbocycles. The second kappa shape index (κ2) is 41.9. The van der Waals surface area contributed by atoms with Crippen LogP contribution in [0.5, 0.6) is 0 Å². The predicted octanol–water partition coefficient (Wildman–Crippen LogP) is 4.80. The van der Waals surface area contributed by atoms with Crippen LogP contribution >= 0.6 is 0 Å². The first kappa shape index (κ1) is 82.0. The minimum atomic E-state index is -1.50. The smallest absolute Gasteiger partial charge is 0.328 e. The lowest BCUT2D eigenvalue weighted by atomic mass is 10.0. The van der Waals surface area contributed by atoms with Gasteiger partial charge >= 0.3 is 5.97 Å². The molecule has 0 aliphatic heterocycles. The van der Waals surface area contributed by atoms with E-state index in [1.807, 2.05) is 115 Å². The molecule has 10 aromatic rings. The summed E-state index contributed by atoms with van der Waals surface area (Å²) in [5.41, 5.74) is 24.1. The van der Waals surface area contributed by atoms with Gasteiger partial charge in [0.25, 0.3) is 0 Å². The number of esters is 1. The highest BCUT2D eigenvalue weighted by molar-refractivity contribution is 5.99. The first-order valence-corrected chi connectivity index (χ1v) is 37.5. The third-order valence-electron chi connectivity index (χ3n) is 18.8. The summed E-state index contributed by atoms with van der Waals surface area (Å²) >= 11 is 0. The number of pyridine rings is 3. The number of hydrogen-bond acceptors (Lipinski definition) is 16. The summed E-state index contributed by atoms with van der Waals surface area (Å²) in [6.45, 7) is 1.67. The van der Waals surface area contributed by atoms with Gasteiger partial charge in [0.1, 0.15) is 48.7 Å². The number of hydrogen-bond donors (Lipinski definition) is 19. The molecular weight excluding hydrogens is 1440 g/mol. The van der Waals surface area contributed by atoms with Crippen molar-refractivity contribution in [3.05, 3.63) is 228 Å². The molecule has 0 saturated heterocycles. The van der Waals surface area contributed by atoms with E-state index >= 15 is 19.2 Å². The lowest BCUT2D eigenvalue weighted by Gasteiger charge is -2.28. The minimum Gasteiger partial charge on any atom is -0.459 e. The number of rotatable bonds is 43. The molecule has 113 heavy (non-hydrogen) atoms. The minimum absolute atomic E-state index is 0.0324. The maximum atomic E-state index is 15.5. The Kier molecular flexibility index (Phi) is 30.4. The highest BCUT2D eigenvalue weighted by atomic mass is 16.5. The number of nitrogens with two attached hydrogens (primary N) is 3. The quantitative estimate of drug-likeness (QED) is 0.0106. The molecule has 22 N–H and O–H groups in total. The molecule has 0 radical (unpaired) electrons. The summed E-state index contributed by atoms with van der Waals surface area (Å²) < 4.78 is 5.73. The van der Waals surface area contributed by atoms with E-state index in [2.05, 4.69) is 83.0 Å². The number of H-pyrrole nitrogens is 3. The topological polar surface area (TPSA) is 505 Å². The molecule has 6 atom stereocenters. The van der Waals surface area contributed by atoms with Gasteiger partial charge in [-0.15, -0.1) is 0 Å². The van der Waals surface area contributed by atoms with Gasteiger partial charge in [0.15, 0.2) is 17.9 Å². The number of aromatic nitrogens is 6. The highest BCUT2D eigenvalue weighted by Gasteiger charge is 2.35. The molecule has 32 heteroatoms. The Morgan fingerprint density at radius 1 is 0.407 bits per heavy atom. The highest BCUT2D eigenvalue weighted by Crippen LogP contribution is 2.24. The molecule has 4 aromatic carbocycles. The normalized spacial score (nSPS) is 12.8. The molecule has 0 aliphatic rings. The number of fused-ring (bicyclic) bond motifs is 3. The number of para-hydroxylation sites is 3. The monoisotopic (exact) mass is 1540 g/mol. The van der Waals surface area contributed by atoms with Gasteiger partial charge in [0, 0.05) is 135 Å². The van der Waals surface area contributed by atoms with Crippen LogP contribution in [0.2, 0.25) is 0 Å². The third-order valence-corrected chi connectivity index (χ3v) is 18.8. The number of aromatic amines is 3. The maximum Gasteiger partial charge on any atom is 0.328 e. The standard InChI is InChI=1S/C81H97N23O9/c82-79(83)90-38-16-30-64(98-75(109)67(41-52-44-93-61-27-7-4-24-58(52)61)97-71(105)34-15-35-72(106)103-70-33-14-23-57(96-70)49-104(47-55-21-10-12-36-88-55)48-56-22-11-13-37-89-56)73(107)101-68(42-53-45-94-62-28-8-5-25-59(53)62)76(110)99-65(31-17-39-91-80(84)85)74(108)102-69(43-54-46-95-63-29-9-6-26-60(54)63)77(111)100-66(32-18-40-92-81(86)87)78(112)113-50-51-19-2-1-3-20-51/h1-14,19-29,33,36-37,44-46,64-69,93-95H,15-18,30-32,34-35,38-43,47-50H2,(H,97,105)(H,98,109)(H,99,110)(H,100,111)(H,101,107)(H,102,108)(H4,82,83,90)(H4,84,85,91)(H4,86,87,92)(H,96,103,106)/t64-,65-,66-,67-,68-,69-/m0/s1. The number of nitrogens with one attached hydrogen (secondary N) is 16. The number of anilines is 1. The average molecular weight is 1540 g/mol. The molecule has 590 valence electrons. The van der Waals surface area contributed by atoms with Crippen molar-refractivity contribution in [1.29, 1.82) is 16.2 Å². The van der Waals surface area contributed by atoms with Gasteiger partial charge in [0.05, 0.1) is 17.1 Å².